The summed E-state index contributed by atoms with van der Waals surface area (Å²) in [5.41, 5.74) is 3.59. The molecule has 0 saturated carbocycles. The highest BCUT2D eigenvalue weighted by atomic mass is 35.5. The number of rotatable bonds is 4. The zero-order valence-corrected chi connectivity index (χ0v) is 11.7. The summed E-state index contributed by atoms with van der Waals surface area (Å²) in [7, 11) is 3.86. The van der Waals surface area contributed by atoms with Gasteiger partial charge in [-0.1, -0.05) is 30.3 Å². The second-order valence-corrected chi connectivity index (χ2v) is 4.49. The second-order valence-electron chi connectivity index (χ2n) is 4.49. The van der Waals surface area contributed by atoms with Crippen LogP contribution in [0.15, 0.2) is 30.4 Å². The molecule has 0 unspecified atom stereocenters. The Kier molecular flexibility index (Phi) is 6.14. The SMILES string of the molecule is C=C(CN(C)C)C(=O)c1ccc(C)cc1C.Cl. The van der Waals surface area contributed by atoms with E-state index in [1.165, 1.54) is 5.56 Å². The van der Waals surface area contributed by atoms with E-state index in [9.17, 15) is 4.79 Å². The molecule has 3 heteroatoms. The van der Waals surface area contributed by atoms with E-state index >= 15 is 0 Å². The molecule has 0 amide bonds. The molecule has 1 rings (SSSR count). The first-order valence-corrected chi connectivity index (χ1v) is 5.36. The topological polar surface area (TPSA) is 20.3 Å². The lowest BCUT2D eigenvalue weighted by atomic mass is 9.98. The fourth-order valence-electron chi connectivity index (χ4n) is 1.71. The lowest BCUT2D eigenvalue weighted by molar-refractivity contribution is 0.102. The van der Waals surface area contributed by atoms with Gasteiger partial charge in [-0.15, -0.1) is 12.4 Å². The summed E-state index contributed by atoms with van der Waals surface area (Å²) < 4.78 is 0. The first kappa shape index (κ1) is 15.9. The predicted molar refractivity (Wildman–Crippen MR) is 75.2 cm³/mol. The minimum absolute atomic E-state index is 0. The standard InChI is InChI=1S/C14H19NO.ClH/c1-10-6-7-13(11(2)8-10)14(16)12(3)9-15(4)5;/h6-8H,3,9H2,1-2,4-5H3;1H. The molecule has 0 aromatic heterocycles. The van der Waals surface area contributed by atoms with E-state index < -0.39 is 0 Å². The summed E-state index contributed by atoms with van der Waals surface area (Å²) in [6.45, 7) is 8.43. The molecular formula is C14H20ClNO. The minimum atomic E-state index is 0. The van der Waals surface area contributed by atoms with Crippen molar-refractivity contribution in [1.82, 2.24) is 4.90 Å². The average Bonchev–Trinajstić information content (AvgIpc) is 2.15. The van der Waals surface area contributed by atoms with Gasteiger partial charge in [0.2, 0.25) is 0 Å². The van der Waals surface area contributed by atoms with Crippen molar-refractivity contribution in [3.8, 4) is 0 Å². The summed E-state index contributed by atoms with van der Waals surface area (Å²) in [5, 5.41) is 0. The number of likely N-dealkylation sites (N-methyl/N-ethyl adjacent to an activating group) is 1. The third-order valence-electron chi connectivity index (χ3n) is 2.45. The molecule has 0 bridgehead atoms. The molecule has 0 saturated heterocycles. The van der Waals surface area contributed by atoms with Gasteiger partial charge in [-0.3, -0.25) is 4.79 Å². The van der Waals surface area contributed by atoms with E-state index in [0.29, 0.717) is 12.1 Å². The van der Waals surface area contributed by atoms with Crippen LogP contribution in [-0.2, 0) is 0 Å². The van der Waals surface area contributed by atoms with E-state index in [1.807, 2.05) is 51.0 Å². The Morgan fingerprint density at radius 3 is 2.35 bits per heavy atom. The van der Waals surface area contributed by atoms with Crippen molar-refractivity contribution < 1.29 is 4.79 Å². The summed E-state index contributed by atoms with van der Waals surface area (Å²) in [6.07, 6.45) is 0. The monoisotopic (exact) mass is 253 g/mol. The van der Waals surface area contributed by atoms with Crippen molar-refractivity contribution in [2.75, 3.05) is 20.6 Å². The van der Waals surface area contributed by atoms with E-state index in [1.54, 1.807) is 0 Å². The van der Waals surface area contributed by atoms with Gasteiger partial charge in [-0.25, -0.2) is 0 Å². The maximum atomic E-state index is 12.1. The van der Waals surface area contributed by atoms with Crippen LogP contribution in [0.5, 0.6) is 0 Å². The van der Waals surface area contributed by atoms with Gasteiger partial charge in [0.25, 0.3) is 0 Å². The molecule has 0 fully saturated rings. The highest BCUT2D eigenvalue weighted by Crippen LogP contribution is 2.14. The molecule has 17 heavy (non-hydrogen) atoms. The molecule has 1 aromatic rings. The van der Waals surface area contributed by atoms with Crippen LogP contribution in [0.2, 0.25) is 0 Å². The van der Waals surface area contributed by atoms with Crippen LogP contribution in [0.4, 0.5) is 0 Å². The zero-order chi connectivity index (χ0) is 12.3. The predicted octanol–water partition coefficient (Wildman–Crippen LogP) is 3.03. The Labute approximate surface area is 110 Å². The lowest BCUT2D eigenvalue weighted by Crippen LogP contribution is -2.19. The van der Waals surface area contributed by atoms with Crippen molar-refractivity contribution in [3.05, 3.63) is 47.0 Å². The number of halogens is 1. The summed E-state index contributed by atoms with van der Waals surface area (Å²) in [6, 6.07) is 5.87. The Balaban J connectivity index is 0.00000256. The van der Waals surface area contributed by atoms with Crippen molar-refractivity contribution in [2.24, 2.45) is 0 Å². The van der Waals surface area contributed by atoms with Gasteiger partial charge < -0.3 is 4.90 Å². The second kappa shape index (κ2) is 6.58. The van der Waals surface area contributed by atoms with Crippen LogP contribution in [0.3, 0.4) is 0 Å². The fraction of sp³-hybridized carbons (Fsp3) is 0.357. The number of ketones is 1. The third kappa shape index (κ3) is 4.33. The maximum Gasteiger partial charge on any atom is 0.189 e. The van der Waals surface area contributed by atoms with Crippen LogP contribution in [-0.4, -0.2) is 31.3 Å². The van der Waals surface area contributed by atoms with Gasteiger partial charge in [0, 0.05) is 17.7 Å². The molecule has 0 aliphatic rings. The molecule has 0 aliphatic heterocycles. The highest BCUT2D eigenvalue weighted by molar-refractivity contribution is 6.09. The number of aryl methyl sites for hydroxylation is 2. The van der Waals surface area contributed by atoms with Gasteiger partial charge in [0.1, 0.15) is 0 Å². The van der Waals surface area contributed by atoms with Crippen LogP contribution in [0.25, 0.3) is 0 Å². The normalized spacial score (nSPS) is 9.94. The smallest absolute Gasteiger partial charge is 0.189 e. The minimum Gasteiger partial charge on any atom is -0.305 e. The highest BCUT2D eigenvalue weighted by Gasteiger charge is 2.13. The molecule has 2 nitrogen and oxygen atoms in total. The van der Waals surface area contributed by atoms with E-state index in [0.717, 1.165) is 11.1 Å². The summed E-state index contributed by atoms with van der Waals surface area (Å²) in [5.74, 6) is 0.0474. The molecule has 0 heterocycles. The number of carbonyl (C=O) groups excluding carboxylic acids is 1. The van der Waals surface area contributed by atoms with E-state index in [4.69, 9.17) is 0 Å². The molecule has 0 spiro atoms. The molecule has 0 atom stereocenters. The lowest BCUT2D eigenvalue weighted by Gasteiger charge is -2.12. The van der Waals surface area contributed by atoms with Gasteiger partial charge >= 0.3 is 0 Å². The van der Waals surface area contributed by atoms with Crippen molar-refractivity contribution in [2.45, 2.75) is 13.8 Å². The Hall–Kier alpha value is -1.12. The van der Waals surface area contributed by atoms with E-state index in [-0.39, 0.29) is 18.2 Å². The van der Waals surface area contributed by atoms with Crippen LogP contribution in [0.1, 0.15) is 21.5 Å². The Morgan fingerprint density at radius 1 is 1.29 bits per heavy atom. The Morgan fingerprint density at radius 2 is 1.88 bits per heavy atom. The molecule has 0 N–H and O–H groups in total. The van der Waals surface area contributed by atoms with Gasteiger partial charge in [0.05, 0.1) is 0 Å². The van der Waals surface area contributed by atoms with E-state index in [2.05, 4.69) is 6.58 Å². The largest absolute Gasteiger partial charge is 0.305 e. The molecule has 0 radical (unpaired) electrons. The van der Waals surface area contributed by atoms with Crippen LogP contribution >= 0.6 is 12.4 Å². The number of benzene rings is 1. The fourth-order valence-corrected chi connectivity index (χ4v) is 1.71. The third-order valence-corrected chi connectivity index (χ3v) is 2.45. The number of hydrogen-bond donors (Lipinski definition) is 0. The van der Waals surface area contributed by atoms with Crippen LogP contribution < -0.4 is 0 Å². The number of hydrogen-bond acceptors (Lipinski definition) is 2. The Bertz CT molecular complexity index is 424. The quantitative estimate of drug-likeness (QED) is 0.607. The van der Waals surface area contributed by atoms with Crippen LogP contribution in [0, 0.1) is 13.8 Å². The molecular weight excluding hydrogens is 234 g/mol. The zero-order valence-electron chi connectivity index (χ0n) is 10.9. The first-order chi connectivity index (χ1) is 7.41. The van der Waals surface area contributed by atoms with Crippen molar-refractivity contribution >= 4 is 18.2 Å². The molecule has 94 valence electrons. The van der Waals surface area contributed by atoms with Crippen molar-refractivity contribution in [1.29, 1.82) is 0 Å². The summed E-state index contributed by atoms with van der Waals surface area (Å²) >= 11 is 0. The van der Waals surface area contributed by atoms with Gasteiger partial charge in [-0.05, 0) is 33.5 Å². The summed E-state index contributed by atoms with van der Waals surface area (Å²) in [4.78, 5) is 14.0. The van der Waals surface area contributed by atoms with Gasteiger partial charge in [-0.2, -0.15) is 0 Å². The number of nitrogens with zero attached hydrogens (tertiary/aromatic N) is 1. The average molecular weight is 254 g/mol. The van der Waals surface area contributed by atoms with Crippen molar-refractivity contribution in [3.63, 3.8) is 0 Å². The number of carbonyl (C=O) groups is 1. The van der Waals surface area contributed by atoms with Gasteiger partial charge in [0.15, 0.2) is 5.78 Å². The maximum absolute atomic E-state index is 12.1. The first-order valence-electron chi connectivity index (χ1n) is 5.36. The molecule has 0 aliphatic carbocycles. The number of Topliss-reactive ketones (excluding diaryl/α,β-unsaturated/α-hetero) is 1. The molecule has 1 aromatic carbocycles.